The van der Waals surface area contributed by atoms with Crippen molar-refractivity contribution in [1.82, 2.24) is 5.43 Å². The highest BCUT2D eigenvalue weighted by Crippen LogP contribution is 2.30. The lowest BCUT2D eigenvalue weighted by atomic mass is 9.92. The van der Waals surface area contributed by atoms with Gasteiger partial charge in [-0.05, 0) is 26.0 Å². The third kappa shape index (κ3) is 2.71. The quantitative estimate of drug-likeness (QED) is 0.634. The molecule has 0 fully saturated rings. The molecule has 16 heavy (non-hydrogen) atoms. The Morgan fingerprint density at radius 3 is 2.56 bits per heavy atom. The molecule has 90 valence electrons. The highest BCUT2D eigenvalue weighted by Gasteiger charge is 2.31. The first-order valence-corrected chi connectivity index (χ1v) is 5.26. The predicted molar refractivity (Wildman–Crippen MR) is 62.6 cm³/mol. The van der Waals surface area contributed by atoms with Crippen molar-refractivity contribution in [1.29, 1.82) is 0 Å². The lowest BCUT2D eigenvalue weighted by molar-refractivity contribution is -0.0121. The van der Waals surface area contributed by atoms with E-state index >= 15 is 0 Å². The molecule has 1 aromatic carbocycles. The van der Waals surface area contributed by atoms with E-state index in [9.17, 15) is 4.39 Å². The van der Waals surface area contributed by atoms with Gasteiger partial charge in [0, 0.05) is 17.7 Å². The molecule has 1 rings (SSSR count). The van der Waals surface area contributed by atoms with Gasteiger partial charge in [0.05, 0.1) is 11.6 Å². The number of benzene rings is 1. The summed E-state index contributed by atoms with van der Waals surface area (Å²) in [6.45, 7) is 3.65. The fraction of sp³-hybridized carbons (Fsp3) is 0.455. The lowest BCUT2D eigenvalue weighted by Gasteiger charge is -2.33. The molecular weight excluding hydrogens is 231 g/mol. The fourth-order valence-corrected chi connectivity index (χ4v) is 1.68. The number of methoxy groups -OCH3 is 1. The summed E-state index contributed by atoms with van der Waals surface area (Å²) >= 11 is 5.69. The molecule has 0 heterocycles. The second kappa shape index (κ2) is 5.10. The third-order valence-electron chi connectivity index (χ3n) is 2.66. The van der Waals surface area contributed by atoms with Gasteiger partial charge >= 0.3 is 0 Å². The molecule has 5 heteroatoms. The van der Waals surface area contributed by atoms with Crippen LogP contribution < -0.4 is 11.3 Å². The molecule has 0 saturated carbocycles. The van der Waals surface area contributed by atoms with E-state index in [1.54, 1.807) is 19.2 Å². The van der Waals surface area contributed by atoms with Crippen LogP contribution in [0.2, 0.25) is 5.02 Å². The summed E-state index contributed by atoms with van der Waals surface area (Å²) < 4.78 is 19.0. The second-order valence-electron chi connectivity index (χ2n) is 4.07. The van der Waals surface area contributed by atoms with Crippen LogP contribution in [0.25, 0.3) is 0 Å². The number of nitrogens with one attached hydrogen (secondary N) is 1. The number of rotatable bonds is 4. The number of halogens is 2. The minimum Gasteiger partial charge on any atom is -0.377 e. The van der Waals surface area contributed by atoms with Crippen LogP contribution in [0.5, 0.6) is 0 Å². The summed E-state index contributed by atoms with van der Waals surface area (Å²) in [6.07, 6.45) is 0. The fourth-order valence-electron chi connectivity index (χ4n) is 1.52. The molecule has 3 nitrogen and oxygen atoms in total. The summed E-state index contributed by atoms with van der Waals surface area (Å²) in [5, 5.41) is 0.354. The lowest BCUT2D eigenvalue weighted by Crippen LogP contribution is -2.44. The van der Waals surface area contributed by atoms with Crippen molar-refractivity contribution in [2.75, 3.05) is 7.11 Å². The summed E-state index contributed by atoms with van der Waals surface area (Å²) in [4.78, 5) is 0. The van der Waals surface area contributed by atoms with Crippen LogP contribution >= 0.6 is 11.6 Å². The summed E-state index contributed by atoms with van der Waals surface area (Å²) in [6, 6.07) is 4.03. The zero-order valence-corrected chi connectivity index (χ0v) is 10.3. The number of hydrogen-bond donors (Lipinski definition) is 2. The van der Waals surface area contributed by atoms with E-state index in [1.165, 1.54) is 6.07 Å². The van der Waals surface area contributed by atoms with E-state index in [0.29, 0.717) is 10.6 Å². The van der Waals surface area contributed by atoms with Crippen LogP contribution in [-0.2, 0) is 4.74 Å². The Bertz CT molecular complexity index is 371. The molecule has 0 aliphatic heterocycles. The van der Waals surface area contributed by atoms with E-state index in [1.807, 2.05) is 13.8 Å². The normalized spacial score (nSPS) is 13.9. The van der Waals surface area contributed by atoms with E-state index in [-0.39, 0.29) is 0 Å². The molecule has 0 amide bonds. The van der Waals surface area contributed by atoms with Gasteiger partial charge in [0.2, 0.25) is 0 Å². The minimum atomic E-state index is -0.622. The smallest absolute Gasteiger partial charge is 0.129 e. The van der Waals surface area contributed by atoms with Gasteiger partial charge in [0.1, 0.15) is 5.82 Å². The van der Waals surface area contributed by atoms with Crippen LogP contribution in [0.1, 0.15) is 25.5 Å². The number of nitrogens with two attached hydrogens (primary N) is 1. The average Bonchev–Trinajstić information content (AvgIpc) is 2.22. The number of hydrazine groups is 1. The van der Waals surface area contributed by atoms with Crippen molar-refractivity contribution < 1.29 is 9.13 Å². The van der Waals surface area contributed by atoms with Gasteiger partial charge in [-0.2, -0.15) is 0 Å². The van der Waals surface area contributed by atoms with Crippen molar-refractivity contribution in [3.63, 3.8) is 0 Å². The molecule has 1 atom stereocenters. The largest absolute Gasteiger partial charge is 0.377 e. The molecule has 3 N–H and O–H groups in total. The van der Waals surface area contributed by atoms with Gasteiger partial charge in [-0.15, -0.1) is 0 Å². The van der Waals surface area contributed by atoms with Gasteiger partial charge in [-0.3, -0.25) is 5.84 Å². The SMILES string of the molecule is COC(C)(C)C(NN)c1ccc(Cl)cc1F. The highest BCUT2D eigenvalue weighted by molar-refractivity contribution is 6.30. The molecule has 0 saturated heterocycles. The van der Waals surface area contributed by atoms with E-state index in [0.717, 1.165) is 0 Å². The van der Waals surface area contributed by atoms with Crippen molar-refractivity contribution in [2.45, 2.75) is 25.5 Å². The molecule has 0 bridgehead atoms. The third-order valence-corrected chi connectivity index (χ3v) is 2.90. The molecule has 1 unspecified atom stereocenters. The topological polar surface area (TPSA) is 47.3 Å². The molecule has 0 aliphatic rings. The van der Waals surface area contributed by atoms with Crippen molar-refractivity contribution in [3.05, 3.63) is 34.6 Å². The van der Waals surface area contributed by atoms with Crippen molar-refractivity contribution in [3.8, 4) is 0 Å². The zero-order chi connectivity index (χ0) is 12.3. The van der Waals surface area contributed by atoms with Crippen molar-refractivity contribution >= 4 is 11.6 Å². The van der Waals surface area contributed by atoms with Crippen LogP contribution in [0, 0.1) is 5.82 Å². The standard InChI is InChI=1S/C11H16ClFN2O/c1-11(2,16-3)10(15-14)8-5-4-7(12)6-9(8)13/h4-6,10,15H,14H2,1-3H3. The van der Waals surface area contributed by atoms with E-state index in [4.69, 9.17) is 22.2 Å². The maximum atomic E-state index is 13.7. The van der Waals surface area contributed by atoms with Crippen LogP contribution in [0.3, 0.4) is 0 Å². The Kier molecular flexibility index (Phi) is 4.27. The van der Waals surface area contributed by atoms with Gasteiger partial charge in [0.25, 0.3) is 0 Å². The Labute approximate surface area is 99.7 Å². The van der Waals surface area contributed by atoms with E-state index < -0.39 is 17.5 Å². The minimum absolute atomic E-state index is 0.354. The van der Waals surface area contributed by atoms with Gasteiger partial charge in [-0.1, -0.05) is 17.7 Å². The van der Waals surface area contributed by atoms with Gasteiger partial charge in [0.15, 0.2) is 0 Å². The maximum absolute atomic E-state index is 13.7. The van der Waals surface area contributed by atoms with Crippen LogP contribution in [0.4, 0.5) is 4.39 Å². The van der Waals surface area contributed by atoms with E-state index in [2.05, 4.69) is 5.43 Å². The van der Waals surface area contributed by atoms with Gasteiger partial charge < -0.3 is 4.74 Å². The summed E-state index contributed by atoms with van der Waals surface area (Å²) in [7, 11) is 1.55. The Hall–Kier alpha value is -0.680. The van der Waals surface area contributed by atoms with Crippen LogP contribution in [-0.4, -0.2) is 12.7 Å². The van der Waals surface area contributed by atoms with Gasteiger partial charge in [-0.25, -0.2) is 9.82 Å². The molecule has 0 aromatic heterocycles. The summed E-state index contributed by atoms with van der Waals surface area (Å²) in [5.41, 5.74) is 2.37. The highest BCUT2D eigenvalue weighted by atomic mass is 35.5. The van der Waals surface area contributed by atoms with Crippen molar-refractivity contribution in [2.24, 2.45) is 5.84 Å². The monoisotopic (exact) mass is 246 g/mol. The predicted octanol–water partition coefficient (Wildman–Crippen LogP) is 2.41. The molecule has 0 spiro atoms. The molecule has 1 aromatic rings. The Balaban J connectivity index is 3.14. The second-order valence-corrected chi connectivity index (χ2v) is 4.51. The molecule has 0 aliphatic carbocycles. The Morgan fingerprint density at radius 1 is 1.50 bits per heavy atom. The van der Waals surface area contributed by atoms with Crippen LogP contribution in [0.15, 0.2) is 18.2 Å². The number of hydrogen-bond acceptors (Lipinski definition) is 3. The first-order valence-electron chi connectivity index (χ1n) is 4.88. The molecular formula is C11H16ClFN2O. The summed E-state index contributed by atoms with van der Waals surface area (Å²) in [5.74, 6) is 5.04. The average molecular weight is 247 g/mol. The number of ether oxygens (including phenoxy) is 1. The molecule has 0 radical (unpaired) electrons. The zero-order valence-electron chi connectivity index (χ0n) is 9.55. The first-order chi connectivity index (χ1) is 7.42. The maximum Gasteiger partial charge on any atom is 0.129 e. The Morgan fingerprint density at radius 2 is 2.12 bits per heavy atom. The first kappa shape index (κ1) is 13.4.